The van der Waals surface area contributed by atoms with Gasteiger partial charge in [0.1, 0.15) is 5.82 Å². The van der Waals surface area contributed by atoms with Gasteiger partial charge in [0.2, 0.25) is 0 Å². The number of aromatic nitrogens is 1. The molecule has 21 heavy (non-hydrogen) atoms. The van der Waals surface area contributed by atoms with Gasteiger partial charge in [0.25, 0.3) is 0 Å². The van der Waals surface area contributed by atoms with E-state index in [-0.39, 0.29) is 5.82 Å². The molecular weight excluding hydrogens is 285 g/mol. The smallest absolute Gasteiger partial charge is 0.185 e. The first-order valence-electron chi connectivity index (χ1n) is 7.37. The van der Waals surface area contributed by atoms with Crippen molar-refractivity contribution in [2.75, 3.05) is 24.5 Å². The van der Waals surface area contributed by atoms with E-state index in [4.69, 9.17) is 0 Å². The van der Waals surface area contributed by atoms with Crippen LogP contribution in [0.25, 0.3) is 0 Å². The van der Waals surface area contributed by atoms with Gasteiger partial charge in [0, 0.05) is 30.7 Å². The van der Waals surface area contributed by atoms with E-state index >= 15 is 0 Å². The zero-order valence-electron chi connectivity index (χ0n) is 12.6. The van der Waals surface area contributed by atoms with Gasteiger partial charge in [-0.2, -0.15) is 0 Å². The van der Waals surface area contributed by atoms with E-state index in [1.54, 1.807) is 11.3 Å². The molecule has 0 fully saturated rings. The number of nitrogens with zero attached hydrogens (tertiary/aromatic N) is 2. The van der Waals surface area contributed by atoms with Crippen LogP contribution in [0.2, 0.25) is 0 Å². The summed E-state index contributed by atoms with van der Waals surface area (Å²) in [5.74, 6) is -0.180. The van der Waals surface area contributed by atoms with Crippen LogP contribution in [0.4, 0.5) is 9.52 Å². The van der Waals surface area contributed by atoms with Crippen LogP contribution in [0, 0.1) is 5.82 Å². The van der Waals surface area contributed by atoms with Gasteiger partial charge in [-0.25, -0.2) is 9.37 Å². The van der Waals surface area contributed by atoms with Crippen molar-refractivity contribution in [3.05, 3.63) is 46.7 Å². The summed E-state index contributed by atoms with van der Waals surface area (Å²) in [6.07, 6.45) is 2.85. The van der Waals surface area contributed by atoms with Crippen LogP contribution in [0.15, 0.2) is 30.5 Å². The van der Waals surface area contributed by atoms with E-state index in [0.29, 0.717) is 0 Å². The summed E-state index contributed by atoms with van der Waals surface area (Å²) in [5.41, 5.74) is 1.15. The van der Waals surface area contributed by atoms with Crippen LogP contribution in [0.5, 0.6) is 0 Å². The first-order chi connectivity index (χ1) is 10.2. The van der Waals surface area contributed by atoms with Gasteiger partial charge in [0.15, 0.2) is 5.13 Å². The molecule has 1 heterocycles. The zero-order chi connectivity index (χ0) is 15.1. The van der Waals surface area contributed by atoms with Gasteiger partial charge < -0.3 is 10.2 Å². The molecule has 2 rings (SSSR count). The highest BCUT2D eigenvalue weighted by molar-refractivity contribution is 7.15. The Morgan fingerprint density at radius 2 is 1.90 bits per heavy atom. The minimum Gasteiger partial charge on any atom is -0.349 e. The van der Waals surface area contributed by atoms with Gasteiger partial charge in [-0.15, -0.1) is 11.3 Å². The number of anilines is 1. The van der Waals surface area contributed by atoms with Crippen molar-refractivity contribution in [3.63, 3.8) is 0 Å². The molecule has 0 aliphatic heterocycles. The Hall–Kier alpha value is -1.46. The maximum Gasteiger partial charge on any atom is 0.185 e. The molecule has 0 aliphatic rings. The summed E-state index contributed by atoms with van der Waals surface area (Å²) in [6, 6.07) is 6.69. The van der Waals surface area contributed by atoms with Crippen LogP contribution >= 0.6 is 11.3 Å². The lowest BCUT2D eigenvalue weighted by molar-refractivity contribution is 0.626. The summed E-state index contributed by atoms with van der Waals surface area (Å²) in [6.45, 7) is 7.98. The third-order valence-corrected chi connectivity index (χ3v) is 4.44. The highest BCUT2D eigenvalue weighted by Crippen LogP contribution is 2.21. The van der Waals surface area contributed by atoms with Crippen LogP contribution in [0.3, 0.4) is 0 Å². The average Bonchev–Trinajstić information content (AvgIpc) is 2.96. The first kappa shape index (κ1) is 15.9. The molecule has 3 nitrogen and oxygen atoms in total. The van der Waals surface area contributed by atoms with Crippen molar-refractivity contribution < 1.29 is 4.39 Å². The number of hydrogen-bond acceptors (Lipinski definition) is 4. The van der Waals surface area contributed by atoms with Crippen molar-refractivity contribution in [2.45, 2.75) is 26.8 Å². The Balaban J connectivity index is 1.75. The molecule has 0 bridgehead atoms. The number of benzene rings is 1. The van der Waals surface area contributed by atoms with Gasteiger partial charge in [0.05, 0.1) is 0 Å². The quantitative estimate of drug-likeness (QED) is 0.757. The van der Waals surface area contributed by atoms with E-state index in [9.17, 15) is 4.39 Å². The molecular formula is C16H22FN3S. The minimum atomic E-state index is -0.180. The third-order valence-electron chi connectivity index (χ3n) is 3.38. The molecule has 0 saturated heterocycles. The molecule has 1 aromatic heterocycles. The Labute approximate surface area is 129 Å². The summed E-state index contributed by atoms with van der Waals surface area (Å²) in [4.78, 5) is 7.97. The Morgan fingerprint density at radius 3 is 2.57 bits per heavy atom. The lowest BCUT2D eigenvalue weighted by Crippen LogP contribution is -2.21. The Kier molecular flexibility index (Phi) is 6.14. The van der Waals surface area contributed by atoms with E-state index in [2.05, 4.69) is 29.0 Å². The predicted octanol–water partition coefficient (Wildman–Crippen LogP) is 3.46. The minimum absolute atomic E-state index is 0.180. The normalized spacial score (nSPS) is 10.8. The number of halogens is 1. The third kappa shape index (κ3) is 4.79. The second-order valence-electron chi connectivity index (χ2n) is 4.83. The predicted molar refractivity (Wildman–Crippen MR) is 87.5 cm³/mol. The number of rotatable bonds is 8. The van der Waals surface area contributed by atoms with Gasteiger partial charge in [-0.1, -0.05) is 12.1 Å². The first-order valence-corrected chi connectivity index (χ1v) is 8.19. The molecule has 0 saturated carbocycles. The molecule has 0 amide bonds. The van der Waals surface area contributed by atoms with Crippen LogP contribution in [0.1, 0.15) is 24.3 Å². The topological polar surface area (TPSA) is 28.2 Å². The molecule has 0 atom stereocenters. The number of nitrogens with one attached hydrogen (secondary N) is 1. The molecule has 0 spiro atoms. The fourth-order valence-corrected chi connectivity index (χ4v) is 3.12. The molecule has 2 aromatic rings. The second-order valence-corrected chi connectivity index (χ2v) is 5.93. The van der Waals surface area contributed by atoms with Crippen LogP contribution < -0.4 is 10.2 Å². The monoisotopic (exact) mass is 307 g/mol. The van der Waals surface area contributed by atoms with E-state index in [1.165, 1.54) is 17.0 Å². The van der Waals surface area contributed by atoms with Crippen LogP contribution in [-0.4, -0.2) is 24.6 Å². The van der Waals surface area contributed by atoms with Crippen LogP contribution in [-0.2, 0) is 13.0 Å². The lowest BCUT2D eigenvalue weighted by atomic mass is 10.1. The van der Waals surface area contributed by atoms with Gasteiger partial charge in [-0.05, 0) is 44.5 Å². The molecule has 1 N–H and O–H groups in total. The van der Waals surface area contributed by atoms with Gasteiger partial charge in [-0.3, -0.25) is 0 Å². The van der Waals surface area contributed by atoms with Crippen molar-refractivity contribution in [2.24, 2.45) is 0 Å². The summed E-state index contributed by atoms with van der Waals surface area (Å²) < 4.78 is 12.8. The largest absolute Gasteiger partial charge is 0.349 e. The number of thiazole rings is 1. The van der Waals surface area contributed by atoms with Crippen molar-refractivity contribution in [3.8, 4) is 0 Å². The van der Waals surface area contributed by atoms with Crippen molar-refractivity contribution >= 4 is 16.5 Å². The summed E-state index contributed by atoms with van der Waals surface area (Å²) in [7, 11) is 0. The fraction of sp³-hybridized carbons (Fsp3) is 0.438. The Bertz CT molecular complexity index is 535. The standard InChI is InChI=1S/C16H22FN3S/c1-3-20(4-2)16-19-12-15(21-16)11-18-10-9-13-5-7-14(17)8-6-13/h5-8,12,18H,3-4,9-11H2,1-2H3. The summed E-state index contributed by atoms with van der Waals surface area (Å²) in [5, 5.41) is 4.50. The van der Waals surface area contributed by atoms with Gasteiger partial charge >= 0.3 is 0 Å². The maximum absolute atomic E-state index is 12.8. The second kappa shape index (κ2) is 8.10. The Morgan fingerprint density at radius 1 is 1.19 bits per heavy atom. The molecule has 5 heteroatoms. The fourth-order valence-electron chi connectivity index (χ4n) is 2.11. The molecule has 114 valence electrons. The van der Waals surface area contributed by atoms with E-state index in [1.807, 2.05) is 18.3 Å². The van der Waals surface area contributed by atoms with Crippen molar-refractivity contribution in [1.82, 2.24) is 10.3 Å². The van der Waals surface area contributed by atoms with E-state index < -0.39 is 0 Å². The van der Waals surface area contributed by atoms with Crippen molar-refractivity contribution in [1.29, 1.82) is 0 Å². The summed E-state index contributed by atoms with van der Waals surface area (Å²) >= 11 is 1.74. The van der Waals surface area contributed by atoms with E-state index in [0.717, 1.165) is 43.3 Å². The zero-order valence-corrected chi connectivity index (χ0v) is 13.4. The SMILES string of the molecule is CCN(CC)c1ncc(CNCCc2ccc(F)cc2)s1. The molecule has 0 aliphatic carbocycles. The highest BCUT2D eigenvalue weighted by atomic mass is 32.1. The average molecular weight is 307 g/mol. The lowest BCUT2D eigenvalue weighted by Gasteiger charge is -2.16. The maximum atomic E-state index is 12.8. The molecule has 0 unspecified atom stereocenters. The number of hydrogen-bond donors (Lipinski definition) is 1. The molecule has 1 aromatic carbocycles. The highest BCUT2D eigenvalue weighted by Gasteiger charge is 2.07. The molecule has 0 radical (unpaired) electrons.